The van der Waals surface area contributed by atoms with Crippen molar-refractivity contribution in [3.63, 3.8) is 0 Å². The van der Waals surface area contributed by atoms with Gasteiger partial charge in [-0.05, 0) is 44.9 Å². The number of rotatable bonds is 49. The predicted octanol–water partition coefficient (Wildman–Crippen LogP) is 18.1. The summed E-state index contributed by atoms with van der Waals surface area (Å²) in [4.78, 5) is 25.4. The van der Waals surface area contributed by atoms with E-state index in [9.17, 15) is 9.59 Å². The highest BCUT2D eigenvalue weighted by Gasteiger charge is 2.17. The Morgan fingerprint density at radius 2 is 0.710 bits per heavy atom. The Balaban J connectivity index is 4.34. The van der Waals surface area contributed by atoms with Crippen LogP contribution in [0.15, 0.2) is 60.8 Å². The predicted molar refractivity (Wildman–Crippen MR) is 270 cm³/mol. The Morgan fingerprint density at radius 3 is 1.10 bits per heavy atom. The smallest absolute Gasteiger partial charge is 0.309 e. The average Bonchev–Trinajstić information content (AvgIpc) is 3.27. The van der Waals surface area contributed by atoms with Gasteiger partial charge in [0.15, 0.2) is 6.10 Å². The number of unbranched alkanes of at least 4 members (excludes halogenated alkanes) is 29. The summed E-state index contributed by atoms with van der Waals surface area (Å²) in [5.41, 5.74) is 0. The second-order valence-corrected chi connectivity index (χ2v) is 17.8. The molecule has 0 aromatic carbocycles. The van der Waals surface area contributed by atoms with Gasteiger partial charge in [-0.1, -0.05) is 268 Å². The molecular weight excluding hydrogens is 765 g/mol. The van der Waals surface area contributed by atoms with Crippen molar-refractivity contribution >= 4 is 11.9 Å². The van der Waals surface area contributed by atoms with E-state index in [1.807, 2.05) is 12.2 Å². The van der Waals surface area contributed by atoms with Gasteiger partial charge in [0.2, 0.25) is 0 Å². The molecule has 0 amide bonds. The fourth-order valence-corrected chi connectivity index (χ4v) is 7.64. The summed E-state index contributed by atoms with van der Waals surface area (Å²) in [5.74, 6) is -0.530. The van der Waals surface area contributed by atoms with E-state index < -0.39 is 6.10 Å². The number of carbonyl (C=O) groups excluding carboxylic acids is 2. The minimum atomic E-state index is -0.572. The summed E-state index contributed by atoms with van der Waals surface area (Å²) in [7, 11) is 0. The number of esters is 2. The van der Waals surface area contributed by atoms with E-state index >= 15 is 0 Å². The maximum atomic E-state index is 12.8. The Hall–Kier alpha value is -2.40. The van der Waals surface area contributed by atoms with Crippen LogP contribution in [0.3, 0.4) is 0 Å². The minimum absolute atomic E-state index is 0.0348. The van der Waals surface area contributed by atoms with Gasteiger partial charge in [0.1, 0.15) is 6.61 Å². The van der Waals surface area contributed by atoms with E-state index in [0.29, 0.717) is 13.0 Å². The molecule has 62 heavy (non-hydrogen) atoms. The van der Waals surface area contributed by atoms with Crippen LogP contribution >= 0.6 is 0 Å². The molecule has 5 nitrogen and oxygen atoms in total. The maximum Gasteiger partial charge on any atom is 0.309 e. The van der Waals surface area contributed by atoms with Crippen molar-refractivity contribution in [2.45, 2.75) is 271 Å². The first-order valence-corrected chi connectivity index (χ1v) is 26.8. The van der Waals surface area contributed by atoms with Gasteiger partial charge in [0.05, 0.1) is 13.0 Å². The van der Waals surface area contributed by atoms with Gasteiger partial charge >= 0.3 is 11.9 Å². The third-order valence-electron chi connectivity index (χ3n) is 11.6. The number of allylic oxidation sites excluding steroid dienone is 9. The highest BCUT2D eigenvalue weighted by atomic mass is 16.6. The Morgan fingerprint density at radius 1 is 0.371 bits per heavy atom. The lowest BCUT2D eigenvalue weighted by Gasteiger charge is -2.18. The zero-order chi connectivity index (χ0) is 44.9. The van der Waals surface area contributed by atoms with Crippen molar-refractivity contribution in [3.8, 4) is 0 Å². The second-order valence-electron chi connectivity index (χ2n) is 17.8. The normalized spacial score (nSPS) is 12.6. The molecule has 0 saturated carbocycles. The van der Waals surface area contributed by atoms with Crippen LogP contribution in [0.5, 0.6) is 0 Å². The van der Waals surface area contributed by atoms with Crippen molar-refractivity contribution in [1.82, 2.24) is 0 Å². The molecule has 5 heteroatoms. The zero-order valence-electron chi connectivity index (χ0n) is 41.4. The molecule has 0 aliphatic rings. The average molecular weight is 867 g/mol. The second kappa shape index (κ2) is 52.9. The minimum Gasteiger partial charge on any atom is -0.461 e. The monoisotopic (exact) mass is 867 g/mol. The third kappa shape index (κ3) is 50.2. The van der Waals surface area contributed by atoms with E-state index in [1.165, 1.54) is 173 Å². The van der Waals surface area contributed by atoms with Crippen molar-refractivity contribution in [3.05, 3.63) is 60.8 Å². The Labute approximate surface area is 385 Å². The number of hydrogen-bond acceptors (Lipinski definition) is 5. The fraction of sp³-hybridized carbons (Fsp3) is 0.789. The molecule has 1 atom stereocenters. The van der Waals surface area contributed by atoms with Crippen LogP contribution in [0.25, 0.3) is 0 Å². The van der Waals surface area contributed by atoms with Crippen LogP contribution in [0, 0.1) is 0 Å². The van der Waals surface area contributed by atoms with E-state index in [1.54, 1.807) is 0 Å². The summed E-state index contributed by atoms with van der Waals surface area (Å²) in [6.45, 7) is 7.65. The number of hydrogen-bond donors (Lipinski definition) is 0. The van der Waals surface area contributed by atoms with Crippen LogP contribution in [-0.2, 0) is 23.8 Å². The highest BCUT2D eigenvalue weighted by Crippen LogP contribution is 2.16. The lowest BCUT2D eigenvalue weighted by atomic mass is 10.0. The lowest BCUT2D eigenvalue weighted by molar-refractivity contribution is -0.162. The van der Waals surface area contributed by atoms with Crippen molar-refractivity contribution < 1.29 is 23.8 Å². The van der Waals surface area contributed by atoms with Crippen LogP contribution in [-0.4, -0.2) is 37.9 Å². The first kappa shape index (κ1) is 59.6. The number of ether oxygens (including phenoxy) is 3. The summed E-state index contributed by atoms with van der Waals surface area (Å²) in [5, 5.41) is 0. The molecule has 1 unspecified atom stereocenters. The molecule has 0 bridgehead atoms. The highest BCUT2D eigenvalue weighted by molar-refractivity contribution is 5.71. The maximum absolute atomic E-state index is 12.8. The molecule has 0 aliphatic carbocycles. The van der Waals surface area contributed by atoms with Crippen LogP contribution in [0.2, 0.25) is 0 Å². The molecule has 0 saturated heterocycles. The van der Waals surface area contributed by atoms with Crippen LogP contribution in [0.4, 0.5) is 0 Å². The van der Waals surface area contributed by atoms with E-state index in [0.717, 1.165) is 57.8 Å². The fourth-order valence-electron chi connectivity index (χ4n) is 7.64. The third-order valence-corrected chi connectivity index (χ3v) is 11.6. The zero-order valence-corrected chi connectivity index (χ0v) is 41.4. The van der Waals surface area contributed by atoms with Gasteiger partial charge in [0, 0.05) is 13.0 Å². The van der Waals surface area contributed by atoms with Gasteiger partial charge in [-0.3, -0.25) is 9.59 Å². The summed E-state index contributed by atoms with van der Waals surface area (Å²) >= 11 is 0. The molecule has 0 heterocycles. The van der Waals surface area contributed by atoms with Crippen molar-refractivity contribution in [2.75, 3.05) is 19.8 Å². The van der Waals surface area contributed by atoms with Gasteiger partial charge in [-0.15, -0.1) is 0 Å². The molecule has 360 valence electrons. The largest absolute Gasteiger partial charge is 0.461 e. The Kier molecular flexibility index (Phi) is 50.9. The molecule has 0 spiro atoms. The van der Waals surface area contributed by atoms with E-state index in [-0.39, 0.29) is 31.6 Å². The van der Waals surface area contributed by atoms with Gasteiger partial charge in [0.25, 0.3) is 0 Å². The molecule has 0 aromatic rings. The standard InChI is InChI=1S/C57H102O5/c1-4-7-10-13-16-19-22-25-28-31-34-37-40-43-46-49-52-60-53-55(62-57(59)51-48-45-42-39-36-33-30-27-24-21-18-15-12-9-6-3)54-61-56(58)50-47-44-41-38-35-32-29-26-23-20-17-14-11-8-5-2/h8,11,17,20,26,29,35,38,44,47,55H,4-7,9-10,12-16,18-19,21-25,27-28,30-34,36-37,39-43,45-46,48-54H2,1-3H3/b11-8-,20-17-,29-26-,38-35-,47-44-. The molecule has 0 rings (SSSR count). The van der Waals surface area contributed by atoms with Gasteiger partial charge in [-0.25, -0.2) is 0 Å². The lowest BCUT2D eigenvalue weighted by Crippen LogP contribution is -2.30. The van der Waals surface area contributed by atoms with Gasteiger partial charge < -0.3 is 14.2 Å². The van der Waals surface area contributed by atoms with Crippen LogP contribution < -0.4 is 0 Å². The quantitative estimate of drug-likeness (QED) is 0.0346. The van der Waals surface area contributed by atoms with E-state index in [4.69, 9.17) is 14.2 Å². The van der Waals surface area contributed by atoms with Gasteiger partial charge in [-0.2, -0.15) is 0 Å². The molecule has 0 N–H and O–H groups in total. The molecule has 0 aliphatic heterocycles. The summed E-state index contributed by atoms with van der Waals surface area (Å²) < 4.78 is 17.3. The first-order chi connectivity index (χ1) is 30.6. The molecular formula is C57H102O5. The van der Waals surface area contributed by atoms with Crippen LogP contribution in [0.1, 0.15) is 265 Å². The molecule has 0 fully saturated rings. The summed E-state index contributed by atoms with van der Waals surface area (Å²) in [6.07, 6.45) is 66.9. The number of carbonyl (C=O) groups is 2. The van der Waals surface area contributed by atoms with Crippen molar-refractivity contribution in [1.29, 1.82) is 0 Å². The van der Waals surface area contributed by atoms with Crippen molar-refractivity contribution in [2.24, 2.45) is 0 Å². The Bertz CT molecular complexity index is 1070. The first-order valence-electron chi connectivity index (χ1n) is 26.8. The molecule has 0 aromatic heterocycles. The molecule has 0 radical (unpaired) electrons. The topological polar surface area (TPSA) is 61.8 Å². The van der Waals surface area contributed by atoms with E-state index in [2.05, 4.69) is 69.4 Å². The SMILES string of the molecule is CC/C=C\C/C=C\C/C=C\C/C=C\C/C=C\CC(=O)OCC(COCCCCCCCCCCCCCCCCCC)OC(=O)CCCCCCCCCCCCCCCCC. The summed E-state index contributed by atoms with van der Waals surface area (Å²) in [6, 6.07) is 0.